The first-order chi connectivity index (χ1) is 9.11. The van der Waals surface area contributed by atoms with Crippen molar-refractivity contribution < 1.29 is 4.79 Å². The molecule has 1 aliphatic carbocycles. The average molecular weight is 298 g/mol. The van der Waals surface area contributed by atoms with E-state index in [2.05, 4.69) is 9.97 Å². The van der Waals surface area contributed by atoms with Crippen LogP contribution in [-0.4, -0.2) is 20.8 Å². The van der Waals surface area contributed by atoms with Gasteiger partial charge in [0, 0.05) is 17.5 Å². The third-order valence-corrected chi connectivity index (χ3v) is 4.68. The van der Waals surface area contributed by atoms with E-state index in [1.54, 1.807) is 6.33 Å². The first-order valence-electron chi connectivity index (χ1n) is 6.25. The summed E-state index contributed by atoms with van der Waals surface area (Å²) in [4.78, 5) is 19.6. The van der Waals surface area contributed by atoms with Crippen molar-refractivity contribution in [3.8, 4) is 0 Å². The zero-order valence-corrected chi connectivity index (χ0v) is 11.9. The zero-order chi connectivity index (χ0) is 13.6. The lowest BCUT2D eigenvalue weighted by molar-refractivity contribution is -0.110. The van der Waals surface area contributed by atoms with Crippen molar-refractivity contribution in [2.75, 3.05) is 0 Å². The van der Waals surface area contributed by atoms with Crippen molar-refractivity contribution >= 4 is 40.7 Å². The molecule has 2 atom stereocenters. The quantitative estimate of drug-likeness (QED) is 0.629. The molecular formula is C13H13Cl2N3O. The number of halogens is 2. The van der Waals surface area contributed by atoms with Gasteiger partial charge in [-0.05, 0) is 26.2 Å². The summed E-state index contributed by atoms with van der Waals surface area (Å²) in [6, 6.07) is 0.252. The smallest absolute Gasteiger partial charge is 0.163 e. The second-order valence-electron chi connectivity index (χ2n) is 5.03. The summed E-state index contributed by atoms with van der Waals surface area (Å²) in [5.41, 5.74) is 2.13. The Labute approximate surface area is 120 Å². The summed E-state index contributed by atoms with van der Waals surface area (Å²) in [6.45, 7) is 1.83. The number of carbonyl (C=O) groups excluding carboxylic acids is 1. The van der Waals surface area contributed by atoms with Crippen molar-refractivity contribution in [3.63, 3.8) is 0 Å². The fourth-order valence-electron chi connectivity index (χ4n) is 2.70. The van der Waals surface area contributed by atoms with Crippen LogP contribution in [0.3, 0.4) is 0 Å². The summed E-state index contributed by atoms with van der Waals surface area (Å²) in [6.07, 6.45) is 5.49. The van der Waals surface area contributed by atoms with Gasteiger partial charge in [-0.1, -0.05) is 23.2 Å². The maximum Gasteiger partial charge on any atom is 0.163 e. The second-order valence-corrected chi connectivity index (χ2v) is 5.76. The molecule has 2 heterocycles. The van der Waals surface area contributed by atoms with E-state index in [4.69, 9.17) is 23.2 Å². The molecule has 0 aliphatic heterocycles. The summed E-state index contributed by atoms with van der Waals surface area (Å²) >= 11 is 12.3. The van der Waals surface area contributed by atoms with E-state index < -0.39 is 0 Å². The van der Waals surface area contributed by atoms with Crippen molar-refractivity contribution in [1.82, 2.24) is 14.5 Å². The zero-order valence-electron chi connectivity index (χ0n) is 10.4. The Morgan fingerprint density at radius 1 is 1.42 bits per heavy atom. The predicted octanol–water partition coefficient (Wildman–Crippen LogP) is 3.59. The lowest BCUT2D eigenvalue weighted by Crippen LogP contribution is -2.06. The highest BCUT2D eigenvalue weighted by molar-refractivity contribution is 6.38. The molecule has 4 nitrogen and oxygen atoms in total. The van der Waals surface area contributed by atoms with Gasteiger partial charge in [-0.15, -0.1) is 0 Å². The van der Waals surface area contributed by atoms with Crippen molar-refractivity contribution in [2.45, 2.75) is 32.2 Å². The van der Waals surface area contributed by atoms with E-state index >= 15 is 0 Å². The van der Waals surface area contributed by atoms with Gasteiger partial charge in [0.15, 0.2) is 5.65 Å². The largest absolute Gasteiger partial charge is 0.312 e. The van der Waals surface area contributed by atoms with Gasteiger partial charge in [-0.25, -0.2) is 9.97 Å². The lowest BCUT2D eigenvalue weighted by Gasteiger charge is -2.12. The van der Waals surface area contributed by atoms with Gasteiger partial charge in [0.05, 0.1) is 11.3 Å². The second kappa shape index (κ2) is 4.76. The Hall–Kier alpha value is -1.13. The topological polar surface area (TPSA) is 47.8 Å². The molecule has 0 saturated heterocycles. The Balaban J connectivity index is 2.09. The third-order valence-electron chi connectivity index (χ3n) is 3.85. The number of carbonyl (C=O) groups is 1. The highest BCUT2D eigenvalue weighted by atomic mass is 35.5. The summed E-state index contributed by atoms with van der Waals surface area (Å²) in [7, 11) is 0. The molecule has 1 fully saturated rings. The number of pyridine rings is 1. The van der Waals surface area contributed by atoms with Crippen LogP contribution in [0.5, 0.6) is 0 Å². The molecule has 19 heavy (non-hydrogen) atoms. The Bertz CT molecular complexity index is 653. The predicted molar refractivity (Wildman–Crippen MR) is 74.7 cm³/mol. The number of imidazole rings is 1. The summed E-state index contributed by atoms with van der Waals surface area (Å²) < 4.78 is 2.00. The average Bonchev–Trinajstić information content (AvgIpc) is 3.01. The fraction of sp³-hybridized carbons (Fsp3) is 0.462. The van der Waals surface area contributed by atoms with Crippen LogP contribution in [0, 0.1) is 12.8 Å². The highest BCUT2D eigenvalue weighted by Crippen LogP contribution is 2.37. The first-order valence-corrected chi connectivity index (χ1v) is 7.00. The number of aromatic nitrogens is 3. The van der Waals surface area contributed by atoms with E-state index in [1.807, 2.05) is 11.5 Å². The molecule has 0 amide bonds. The maximum atomic E-state index is 10.9. The van der Waals surface area contributed by atoms with E-state index in [0.29, 0.717) is 21.3 Å². The maximum absolute atomic E-state index is 10.9. The van der Waals surface area contributed by atoms with Crippen LogP contribution in [-0.2, 0) is 4.79 Å². The molecule has 0 bridgehead atoms. The molecule has 2 aromatic rings. The molecule has 2 aromatic heterocycles. The first kappa shape index (κ1) is 12.9. The van der Waals surface area contributed by atoms with Crippen molar-refractivity contribution in [2.24, 2.45) is 5.92 Å². The number of rotatable bonds is 2. The molecule has 0 aromatic carbocycles. The van der Waals surface area contributed by atoms with E-state index in [9.17, 15) is 4.79 Å². The number of nitrogens with zero attached hydrogens (tertiary/aromatic N) is 3. The molecular weight excluding hydrogens is 285 g/mol. The molecule has 1 aliphatic rings. The minimum Gasteiger partial charge on any atom is -0.312 e. The molecule has 6 heteroatoms. The minimum atomic E-state index is 0.138. The van der Waals surface area contributed by atoms with Crippen LogP contribution < -0.4 is 0 Å². The van der Waals surface area contributed by atoms with E-state index in [-0.39, 0.29) is 12.0 Å². The Kier molecular flexibility index (Phi) is 3.23. The molecule has 100 valence electrons. The molecule has 3 rings (SSSR count). The summed E-state index contributed by atoms with van der Waals surface area (Å²) in [5, 5.41) is 0.961. The van der Waals surface area contributed by atoms with Gasteiger partial charge < -0.3 is 9.36 Å². The molecule has 0 spiro atoms. The number of hydrogen-bond donors (Lipinski definition) is 0. The molecule has 1 unspecified atom stereocenters. The highest BCUT2D eigenvalue weighted by Gasteiger charge is 2.27. The van der Waals surface area contributed by atoms with Gasteiger partial charge in [0.25, 0.3) is 0 Å². The fourth-order valence-corrected chi connectivity index (χ4v) is 3.15. The van der Waals surface area contributed by atoms with Crippen LogP contribution in [0.2, 0.25) is 10.2 Å². The molecule has 1 saturated carbocycles. The van der Waals surface area contributed by atoms with Crippen molar-refractivity contribution in [1.29, 1.82) is 0 Å². The Morgan fingerprint density at radius 2 is 2.21 bits per heavy atom. The minimum absolute atomic E-state index is 0.138. The van der Waals surface area contributed by atoms with Crippen LogP contribution in [0.4, 0.5) is 0 Å². The van der Waals surface area contributed by atoms with Crippen molar-refractivity contribution in [3.05, 3.63) is 22.1 Å². The van der Waals surface area contributed by atoms with E-state index in [0.717, 1.165) is 31.1 Å². The van der Waals surface area contributed by atoms with Gasteiger partial charge in [-0.3, -0.25) is 0 Å². The SMILES string of the molecule is Cc1c(Cl)nc2c(ncn2[C@H]2CCC(C=O)C2)c1Cl. The van der Waals surface area contributed by atoms with Crippen LogP contribution in [0.15, 0.2) is 6.33 Å². The van der Waals surface area contributed by atoms with Crippen LogP contribution in [0.25, 0.3) is 11.2 Å². The van der Waals surface area contributed by atoms with Crippen LogP contribution >= 0.6 is 23.2 Å². The number of fused-ring (bicyclic) bond motifs is 1. The summed E-state index contributed by atoms with van der Waals surface area (Å²) in [5.74, 6) is 0.138. The standard InChI is InChI=1S/C13H13Cl2N3O/c1-7-10(14)11-13(17-12(7)15)18(6-16-11)9-3-2-8(4-9)5-19/h5-6,8-9H,2-4H2,1H3/t8?,9-/m0/s1. The van der Waals surface area contributed by atoms with E-state index in [1.165, 1.54) is 0 Å². The van der Waals surface area contributed by atoms with Gasteiger partial charge in [0.2, 0.25) is 0 Å². The lowest BCUT2D eigenvalue weighted by atomic mass is 10.1. The Morgan fingerprint density at radius 3 is 2.89 bits per heavy atom. The number of hydrogen-bond acceptors (Lipinski definition) is 3. The third kappa shape index (κ3) is 2.03. The normalized spacial score (nSPS) is 23.1. The van der Waals surface area contributed by atoms with Gasteiger partial charge >= 0.3 is 0 Å². The van der Waals surface area contributed by atoms with Crippen LogP contribution in [0.1, 0.15) is 30.9 Å². The molecule has 0 N–H and O–H groups in total. The monoisotopic (exact) mass is 297 g/mol. The van der Waals surface area contributed by atoms with Gasteiger partial charge in [-0.2, -0.15) is 0 Å². The number of aldehydes is 1. The van der Waals surface area contributed by atoms with Gasteiger partial charge in [0.1, 0.15) is 17.0 Å². The molecule has 0 radical (unpaired) electrons.